The molecule has 0 bridgehead atoms. The van der Waals surface area contributed by atoms with E-state index >= 15 is 0 Å². The molecule has 0 aromatic heterocycles. The monoisotopic (exact) mass is 318 g/mol. The number of benzene rings is 1. The van der Waals surface area contributed by atoms with E-state index < -0.39 is 0 Å². The Hall–Kier alpha value is -0.530. The zero-order valence-corrected chi connectivity index (χ0v) is 11.5. The minimum absolute atomic E-state index is 0.108. The quantitative estimate of drug-likeness (QED) is 0.650. The smallest absolute Gasteiger partial charge is 0.123 e. The lowest BCUT2D eigenvalue weighted by molar-refractivity contribution is -0.101. The van der Waals surface area contributed by atoms with Crippen LogP contribution >= 0.6 is 15.9 Å². The fourth-order valence-corrected chi connectivity index (χ4v) is 2.38. The number of hydrogen-bond acceptors (Lipinski definition) is 4. The Morgan fingerprint density at radius 1 is 1.50 bits per heavy atom. The van der Waals surface area contributed by atoms with Crippen molar-refractivity contribution in [2.45, 2.75) is 18.6 Å². The first-order valence-corrected chi connectivity index (χ1v) is 6.59. The van der Waals surface area contributed by atoms with Gasteiger partial charge in [-0.3, -0.25) is 11.3 Å². The highest BCUT2D eigenvalue weighted by atomic mass is 79.9. The minimum atomic E-state index is -0.259. The number of halogens is 2. The second kappa shape index (κ2) is 6.58. The summed E-state index contributed by atoms with van der Waals surface area (Å²) in [6.45, 7) is 1.67. The molecule has 0 amide bonds. The van der Waals surface area contributed by atoms with Gasteiger partial charge in [-0.2, -0.15) is 0 Å². The Bertz CT molecular complexity index is 400. The van der Waals surface area contributed by atoms with E-state index in [1.165, 1.54) is 12.1 Å². The lowest BCUT2D eigenvalue weighted by atomic mass is 10.0. The second-order valence-electron chi connectivity index (χ2n) is 4.20. The molecule has 1 heterocycles. The van der Waals surface area contributed by atoms with Gasteiger partial charge in [0.1, 0.15) is 5.82 Å². The summed E-state index contributed by atoms with van der Waals surface area (Å²) in [6, 6.07) is 4.50. The van der Waals surface area contributed by atoms with Crippen LogP contribution in [0.4, 0.5) is 4.39 Å². The van der Waals surface area contributed by atoms with Crippen molar-refractivity contribution < 1.29 is 13.9 Å². The molecule has 2 rings (SSSR count). The highest BCUT2D eigenvalue weighted by Crippen LogP contribution is 2.21. The standard InChI is InChI=1S/C12H16BrFN2O2/c13-10-2-1-9(14)5-8(10)6-11(16-15)12-7-17-3-4-18-12/h1-2,5,11-12,16H,3-4,6-7,15H2. The van der Waals surface area contributed by atoms with Gasteiger partial charge in [-0.25, -0.2) is 4.39 Å². The summed E-state index contributed by atoms with van der Waals surface area (Å²) < 4.78 is 25.0. The molecule has 1 aliphatic rings. The van der Waals surface area contributed by atoms with E-state index in [4.69, 9.17) is 15.3 Å². The third kappa shape index (κ3) is 3.49. The summed E-state index contributed by atoms with van der Waals surface area (Å²) in [5.74, 6) is 5.29. The van der Waals surface area contributed by atoms with E-state index in [2.05, 4.69) is 21.4 Å². The zero-order chi connectivity index (χ0) is 13.0. The Labute approximate surface area is 114 Å². The summed E-state index contributed by atoms with van der Waals surface area (Å²) in [5, 5.41) is 0. The van der Waals surface area contributed by atoms with Crippen LogP contribution < -0.4 is 11.3 Å². The van der Waals surface area contributed by atoms with Crippen molar-refractivity contribution in [2.75, 3.05) is 19.8 Å². The number of rotatable bonds is 4. The van der Waals surface area contributed by atoms with Gasteiger partial charge in [0.25, 0.3) is 0 Å². The fourth-order valence-electron chi connectivity index (χ4n) is 1.97. The lowest BCUT2D eigenvalue weighted by Crippen LogP contribution is -2.50. The van der Waals surface area contributed by atoms with E-state index in [1.54, 1.807) is 6.07 Å². The molecule has 1 saturated heterocycles. The third-order valence-electron chi connectivity index (χ3n) is 2.95. The largest absolute Gasteiger partial charge is 0.376 e. The molecular weight excluding hydrogens is 303 g/mol. The molecule has 1 aromatic carbocycles. The summed E-state index contributed by atoms with van der Waals surface area (Å²) in [6.07, 6.45) is 0.460. The minimum Gasteiger partial charge on any atom is -0.376 e. The first-order valence-electron chi connectivity index (χ1n) is 5.80. The van der Waals surface area contributed by atoms with Crippen LogP contribution in [0.1, 0.15) is 5.56 Å². The predicted octanol–water partition coefficient (Wildman–Crippen LogP) is 1.38. The molecule has 1 aliphatic heterocycles. The van der Waals surface area contributed by atoms with E-state index in [1.807, 2.05) is 0 Å². The van der Waals surface area contributed by atoms with Crippen LogP contribution in [0.2, 0.25) is 0 Å². The van der Waals surface area contributed by atoms with Crippen molar-refractivity contribution in [3.05, 3.63) is 34.1 Å². The van der Waals surface area contributed by atoms with Crippen LogP contribution in [0.15, 0.2) is 22.7 Å². The van der Waals surface area contributed by atoms with Crippen molar-refractivity contribution in [1.29, 1.82) is 0 Å². The molecule has 18 heavy (non-hydrogen) atoms. The van der Waals surface area contributed by atoms with Crippen LogP contribution in [0, 0.1) is 5.82 Å². The molecule has 0 radical (unpaired) electrons. The fraction of sp³-hybridized carbons (Fsp3) is 0.500. The van der Waals surface area contributed by atoms with Crippen molar-refractivity contribution in [3.8, 4) is 0 Å². The van der Waals surface area contributed by atoms with Crippen LogP contribution in [0.25, 0.3) is 0 Å². The van der Waals surface area contributed by atoms with Crippen molar-refractivity contribution in [1.82, 2.24) is 5.43 Å². The molecule has 1 fully saturated rings. The molecule has 0 aliphatic carbocycles. The highest BCUT2D eigenvalue weighted by Gasteiger charge is 2.25. The Kier molecular flexibility index (Phi) is 5.08. The molecule has 6 heteroatoms. The first kappa shape index (κ1) is 13.9. The average molecular weight is 319 g/mol. The average Bonchev–Trinajstić information content (AvgIpc) is 2.41. The number of hydrogen-bond donors (Lipinski definition) is 2. The molecule has 1 aromatic rings. The molecule has 4 nitrogen and oxygen atoms in total. The Morgan fingerprint density at radius 3 is 3.00 bits per heavy atom. The molecule has 100 valence electrons. The van der Waals surface area contributed by atoms with E-state index in [9.17, 15) is 4.39 Å². The number of nitrogens with two attached hydrogens (primary N) is 1. The number of nitrogens with one attached hydrogen (secondary N) is 1. The SMILES string of the molecule is NNC(Cc1cc(F)ccc1Br)C1COCCO1. The Morgan fingerprint density at radius 2 is 2.33 bits per heavy atom. The molecular formula is C12H16BrFN2O2. The maximum absolute atomic E-state index is 13.2. The zero-order valence-electron chi connectivity index (χ0n) is 9.86. The van der Waals surface area contributed by atoms with Gasteiger partial charge in [0, 0.05) is 4.47 Å². The van der Waals surface area contributed by atoms with Crippen LogP contribution in [-0.4, -0.2) is 32.0 Å². The molecule has 2 unspecified atom stereocenters. The van der Waals surface area contributed by atoms with E-state index in [0.29, 0.717) is 26.2 Å². The van der Waals surface area contributed by atoms with Crippen molar-refractivity contribution in [2.24, 2.45) is 5.84 Å². The summed E-state index contributed by atoms with van der Waals surface area (Å²) in [4.78, 5) is 0. The van der Waals surface area contributed by atoms with Gasteiger partial charge >= 0.3 is 0 Å². The summed E-state index contributed by atoms with van der Waals surface area (Å²) in [5.41, 5.74) is 3.57. The van der Waals surface area contributed by atoms with Crippen LogP contribution in [0.5, 0.6) is 0 Å². The maximum Gasteiger partial charge on any atom is 0.123 e. The molecule has 2 atom stereocenters. The number of hydrazine groups is 1. The maximum atomic E-state index is 13.2. The second-order valence-corrected chi connectivity index (χ2v) is 5.05. The van der Waals surface area contributed by atoms with Gasteiger partial charge in [0.15, 0.2) is 0 Å². The van der Waals surface area contributed by atoms with Gasteiger partial charge in [0.05, 0.1) is 32.0 Å². The lowest BCUT2D eigenvalue weighted by Gasteiger charge is -2.30. The van der Waals surface area contributed by atoms with Crippen molar-refractivity contribution in [3.63, 3.8) is 0 Å². The van der Waals surface area contributed by atoms with E-state index in [-0.39, 0.29) is 18.0 Å². The molecule has 0 spiro atoms. The molecule has 3 N–H and O–H groups in total. The van der Waals surface area contributed by atoms with Gasteiger partial charge in [-0.15, -0.1) is 0 Å². The van der Waals surface area contributed by atoms with Gasteiger partial charge in [-0.05, 0) is 30.2 Å². The van der Waals surface area contributed by atoms with Gasteiger partial charge in [-0.1, -0.05) is 15.9 Å². The highest BCUT2D eigenvalue weighted by molar-refractivity contribution is 9.10. The number of ether oxygens (including phenoxy) is 2. The van der Waals surface area contributed by atoms with Gasteiger partial charge < -0.3 is 9.47 Å². The predicted molar refractivity (Wildman–Crippen MR) is 69.5 cm³/mol. The van der Waals surface area contributed by atoms with Gasteiger partial charge in [0.2, 0.25) is 0 Å². The summed E-state index contributed by atoms with van der Waals surface area (Å²) >= 11 is 3.40. The molecule has 0 saturated carbocycles. The summed E-state index contributed by atoms with van der Waals surface area (Å²) in [7, 11) is 0. The van der Waals surface area contributed by atoms with Crippen molar-refractivity contribution >= 4 is 15.9 Å². The Balaban J connectivity index is 2.06. The normalized spacial score (nSPS) is 21.8. The first-order chi connectivity index (χ1) is 8.70. The van der Waals surface area contributed by atoms with E-state index in [0.717, 1.165) is 10.0 Å². The third-order valence-corrected chi connectivity index (χ3v) is 3.73. The van der Waals surface area contributed by atoms with Crippen LogP contribution in [0.3, 0.4) is 0 Å². The topological polar surface area (TPSA) is 56.5 Å². The van der Waals surface area contributed by atoms with Crippen LogP contribution in [-0.2, 0) is 15.9 Å².